The molecule has 1 saturated heterocycles. The predicted octanol–water partition coefficient (Wildman–Crippen LogP) is 0.764. The van der Waals surface area contributed by atoms with Crippen LogP contribution in [0.25, 0.3) is 0 Å². The molecule has 1 atom stereocenters. The summed E-state index contributed by atoms with van der Waals surface area (Å²) in [5.41, 5.74) is 6.32. The number of carbonyl (C=O) groups excluding carboxylic acids is 1. The number of sulfonamides is 1. The molecule has 0 aliphatic carbocycles. The Kier molecular flexibility index (Phi) is 10.1. The van der Waals surface area contributed by atoms with Crippen LogP contribution in [0.1, 0.15) is 30.7 Å². The van der Waals surface area contributed by atoms with Gasteiger partial charge in [-0.25, -0.2) is 18.2 Å². The number of piperidine rings is 1. The number of nitrogens with zero attached hydrogens (tertiary/aromatic N) is 2. The second-order valence-electron chi connectivity index (χ2n) is 7.82. The third kappa shape index (κ3) is 8.73. The van der Waals surface area contributed by atoms with E-state index in [-0.39, 0.29) is 29.3 Å². The Balaban J connectivity index is 0.000000572. The van der Waals surface area contributed by atoms with Gasteiger partial charge in [0.2, 0.25) is 15.9 Å². The zero-order valence-electron chi connectivity index (χ0n) is 19.0. The fraction of sp³-hybridized carbons (Fsp3) is 0.429. The molecule has 2 heterocycles. The largest absolute Gasteiger partial charge is 0.490 e. The van der Waals surface area contributed by atoms with E-state index in [4.69, 9.17) is 15.6 Å². The number of rotatable bonds is 7. The van der Waals surface area contributed by atoms with E-state index in [0.717, 1.165) is 24.8 Å². The third-order valence-electron chi connectivity index (χ3n) is 5.06. The summed E-state index contributed by atoms with van der Waals surface area (Å²) in [5, 5.41) is 9.84. The van der Waals surface area contributed by atoms with Crippen LogP contribution in [-0.2, 0) is 32.6 Å². The molecular formula is C21H26F3N5O6S. The number of carboxylic acids is 1. The maximum absolute atomic E-state index is 12.7. The number of hydrogen-bond donors (Lipinski definition) is 4. The predicted molar refractivity (Wildman–Crippen MR) is 121 cm³/mol. The highest BCUT2D eigenvalue weighted by Crippen LogP contribution is 2.20. The molecule has 0 spiro atoms. The van der Waals surface area contributed by atoms with Crippen LogP contribution in [0.2, 0.25) is 0 Å². The first-order valence-corrected chi connectivity index (χ1v) is 12.2. The molecular weight excluding hydrogens is 507 g/mol. The summed E-state index contributed by atoms with van der Waals surface area (Å²) >= 11 is 0. The number of nitrogens with one attached hydrogen (secondary N) is 2. The highest BCUT2D eigenvalue weighted by atomic mass is 32.2. The Morgan fingerprint density at radius 2 is 1.72 bits per heavy atom. The molecule has 1 aromatic heterocycles. The number of H-pyrrole nitrogens is 1. The SMILES string of the molecule is NC(Cc1nccc(=O)[nH]1)C(=O)NCc1ccc(S(=O)(=O)N2CCCCC2)cc1.O=C(O)C(F)(F)F. The van der Waals surface area contributed by atoms with Gasteiger partial charge in [0.25, 0.3) is 5.56 Å². The molecule has 198 valence electrons. The van der Waals surface area contributed by atoms with Gasteiger partial charge in [0.05, 0.1) is 10.9 Å². The van der Waals surface area contributed by atoms with Crippen LogP contribution >= 0.6 is 0 Å². The van der Waals surface area contributed by atoms with Gasteiger partial charge in [0, 0.05) is 38.3 Å². The van der Waals surface area contributed by atoms with Crippen molar-refractivity contribution in [2.45, 2.75) is 49.3 Å². The van der Waals surface area contributed by atoms with Crippen molar-refractivity contribution in [2.75, 3.05) is 13.1 Å². The lowest BCUT2D eigenvalue weighted by molar-refractivity contribution is -0.192. The number of aliphatic carboxylic acids is 1. The number of benzene rings is 1. The van der Waals surface area contributed by atoms with Crippen LogP contribution in [0.15, 0.2) is 46.2 Å². The van der Waals surface area contributed by atoms with Crippen molar-refractivity contribution in [1.82, 2.24) is 19.6 Å². The minimum Gasteiger partial charge on any atom is -0.475 e. The van der Waals surface area contributed by atoms with E-state index in [1.165, 1.54) is 16.6 Å². The monoisotopic (exact) mass is 533 g/mol. The number of aromatic amines is 1. The first kappa shape index (κ1) is 28.9. The van der Waals surface area contributed by atoms with Gasteiger partial charge in [-0.05, 0) is 30.5 Å². The highest BCUT2D eigenvalue weighted by Gasteiger charge is 2.38. The maximum atomic E-state index is 12.7. The fourth-order valence-corrected chi connectivity index (χ4v) is 4.69. The highest BCUT2D eigenvalue weighted by molar-refractivity contribution is 7.89. The van der Waals surface area contributed by atoms with Crippen molar-refractivity contribution < 1.29 is 36.3 Å². The summed E-state index contributed by atoms with van der Waals surface area (Å²) in [6.45, 7) is 1.33. The molecule has 5 N–H and O–H groups in total. The molecule has 1 amide bonds. The Labute approximate surface area is 204 Å². The van der Waals surface area contributed by atoms with E-state index in [0.29, 0.717) is 18.9 Å². The third-order valence-corrected chi connectivity index (χ3v) is 6.97. The molecule has 0 radical (unpaired) electrons. The zero-order chi connectivity index (χ0) is 26.9. The molecule has 1 fully saturated rings. The average Bonchev–Trinajstić information content (AvgIpc) is 2.83. The smallest absolute Gasteiger partial charge is 0.475 e. The lowest BCUT2D eigenvalue weighted by Crippen LogP contribution is -2.42. The Hall–Kier alpha value is -3.30. The standard InChI is InChI=1S/C19H25N5O4S.C2HF3O2/c20-16(12-17-21-9-8-18(25)23-17)19(26)22-13-14-4-6-15(7-5-14)29(27,28)24-10-2-1-3-11-24;3-2(4,5)1(6)7/h4-9,16H,1-3,10-13,20H2,(H,22,26)(H,21,23,25);(H,6,7). The summed E-state index contributed by atoms with van der Waals surface area (Å²) in [6, 6.07) is 6.90. The second-order valence-corrected chi connectivity index (χ2v) is 9.76. The van der Waals surface area contributed by atoms with Gasteiger partial charge in [-0.15, -0.1) is 0 Å². The molecule has 0 saturated carbocycles. The molecule has 1 unspecified atom stereocenters. The Morgan fingerprint density at radius 3 is 2.25 bits per heavy atom. The summed E-state index contributed by atoms with van der Waals surface area (Å²) in [7, 11) is -3.47. The summed E-state index contributed by atoms with van der Waals surface area (Å²) in [6.07, 6.45) is -0.789. The molecule has 1 aliphatic rings. The number of aromatic nitrogens is 2. The quantitative estimate of drug-likeness (QED) is 0.403. The number of alkyl halides is 3. The first-order chi connectivity index (χ1) is 16.8. The molecule has 2 aromatic rings. The van der Waals surface area contributed by atoms with Crippen LogP contribution in [0.5, 0.6) is 0 Å². The molecule has 1 aromatic carbocycles. The number of carboxylic acid groups (broad SMARTS) is 1. The topological polar surface area (TPSA) is 176 Å². The van der Waals surface area contributed by atoms with Gasteiger partial charge in [-0.1, -0.05) is 18.6 Å². The Bertz CT molecular complexity index is 1200. The number of halogens is 3. The number of carbonyl (C=O) groups is 2. The van der Waals surface area contributed by atoms with Gasteiger partial charge in [-0.3, -0.25) is 9.59 Å². The van der Waals surface area contributed by atoms with Gasteiger partial charge >= 0.3 is 12.1 Å². The van der Waals surface area contributed by atoms with Gasteiger partial charge in [0.15, 0.2) is 0 Å². The average molecular weight is 534 g/mol. The van der Waals surface area contributed by atoms with Crippen molar-refractivity contribution in [3.63, 3.8) is 0 Å². The van der Waals surface area contributed by atoms with Gasteiger partial charge in [-0.2, -0.15) is 17.5 Å². The number of amides is 1. The molecule has 15 heteroatoms. The van der Waals surface area contributed by atoms with E-state index in [1.807, 2.05) is 0 Å². The minimum absolute atomic E-state index is 0.106. The van der Waals surface area contributed by atoms with Crippen LogP contribution in [0.4, 0.5) is 13.2 Å². The van der Waals surface area contributed by atoms with Crippen LogP contribution in [-0.4, -0.2) is 65.0 Å². The summed E-state index contributed by atoms with van der Waals surface area (Å²) in [4.78, 5) is 39.1. The van der Waals surface area contributed by atoms with Crippen LogP contribution in [0, 0.1) is 0 Å². The zero-order valence-corrected chi connectivity index (χ0v) is 19.8. The van der Waals surface area contributed by atoms with Crippen molar-refractivity contribution in [3.8, 4) is 0 Å². The second kappa shape index (κ2) is 12.6. The van der Waals surface area contributed by atoms with Crippen molar-refractivity contribution in [3.05, 3.63) is 58.3 Å². The van der Waals surface area contributed by atoms with Crippen molar-refractivity contribution >= 4 is 21.9 Å². The van der Waals surface area contributed by atoms with Gasteiger partial charge < -0.3 is 21.1 Å². The molecule has 3 rings (SSSR count). The summed E-state index contributed by atoms with van der Waals surface area (Å²) < 4.78 is 58.6. The van der Waals surface area contributed by atoms with E-state index in [1.54, 1.807) is 24.3 Å². The lowest BCUT2D eigenvalue weighted by atomic mass is 10.2. The summed E-state index contributed by atoms with van der Waals surface area (Å²) in [5.74, 6) is -2.80. The van der Waals surface area contributed by atoms with Gasteiger partial charge in [0.1, 0.15) is 5.82 Å². The van der Waals surface area contributed by atoms with E-state index < -0.39 is 28.2 Å². The van der Waals surface area contributed by atoms with Crippen molar-refractivity contribution in [1.29, 1.82) is 0 Å². The molecule has 11 nitrogen and oxygen atoms in total. The van der Waals surface area contributed by atoms with Crippen LogP contribution < -0.4 is 16.6 Å². The fourth-order valence-electron chi connectivity index (χ4n) is 3.17. The van der Waals surface area contributed by atoms with Crippen molar-refractivity contribution in [2.24, 2.45) is 5.73 Å². The number of hydrogen-bond acceptors (Lipinski definition) is 7. The first-order valence-electron chi connectivity index (χ1n) is 10.8. The maximum Gasteiger partial charge on any atom is 0.490 e. The minimum atomic E-state index is -5.08. The van der Waals surface area contributed by atoms with Crippen LogP contribution in [0.3, 0.4) is 0 Å². The lowest BCUT2D eigenvalue weighted by Gasteiger charge is -2.25. The molecule has 36 heavy (non-hydrogen) atoms. The molecule has 1 aliphatic heterocycles. The Morgan fingerprint density at radius 1 is 1.14 bits per heavy atom. The molecule has 0 bridgehead atoms. The van der Waals surface area contributed by atoms with E-state index in [2.05, 4.69) is 15.3 Å². The van der Waals surface area contributed by atoms with E-state index >= 15 is 0 Å². The number of nitrogens with two attached hydrogens (primary N) is 1. The normalized spacial score (nSPS) is 15.3. The van der Waals surface area contributed by atoms with E-state index in [9.17, 15) is 31.2 Å².